The number of imide groups is 1. The van der Waals surface area contributed by atoms with Gasteiger partial charge in [-0.2, -0.15) is 0 Å². The number of carbonyl (C=O) groups excluding carboxylic acids is 2. The highest BCUT2D eigenvalue weighted by atomic mass is 16.2. The average molecular weight is 258 g/mol. The van der Waals surface area contributed by atoms with Crippen LogP contribution in [0.3, 0.4) is 0 Å². The number of nitrogens with zero attached hydrogens (tertiary/aromatic N) is 1. The standard InChI is InChI=1S/C15H18N2O2/c1-15(2,3)9-4-5-11-12(6-9)14(19)17(13(11)18)10-7-16-8-10/h4-6,10,16H,7-8H2,1-3H3. The van der Waals surface area contributed by atoms with Gasteiger partial charge in [-0.25, -0.2) is 0 Å². The third kappa shape index (κ3) is 1.78. The summed E-state index contributed by atoms with van der Waals surface area (Å²) in [5.41, 5.74) is 2.17. The first-order valence-corrected chi connectivity index (χ1v) is 6.63. The number of carbonyl (C=O) groups is 2. The van der Waals surface area contributed by atoms with Crippen molar-refractivity contribution in [2.45, 2.75) is 32.2 Å². The van der Waals surface area contributed by atoms with E-state index in [9.17, 15) is 9.59 Å². The molecule has 0 aliphatic carbocycles. The third-order valence-corrected chi connectivity index (χ3v) is 3.91. The van der Waals surface area contributed by atoms with Crippen LogP contribution in [0, 0.1) is 0 Å². The smallest absolute Gasteiger partial charge is 0.261 e. The van der Waals surface area contributed by atoms with Gasteiger partial charge in [0.2, 0.25) is 0 Å². The van der Waals surface area contributed by atoms with E-state index in [4.69, 9.17) is 0 Å². The maximum absolute atomic E-state index is 12.4. The van der Waals surface area contributed by atoms with Crippen LogP contribution in [0.2, 0.25) is 0 Å². The molecule has 4 nitrogen and oxygen atoms in total. The van der Waals surface area contributed by atoms with Gasteiger partial charge in [0.05, 0.1) is 17.2 Å². The van der Waals surface area contributed by atoms with Crippen LogP contribution in [0.4, 0.5) is 0 Å². The van der Waals surface area contributed by atoms with E-state index >= 15 is 0 Å². The fourth-order valence-electron chi connectivity index (χ4n) is 2.51. The molecule has 100 valence electrons. The van der Waals surface area contributed by atoms with Gasteiger partial charge in [-0.15, -0.1) is 0 Å². The van der Waals surface area contributed by atoms with E-state index in [-0.39, 0.29) is 23.3 Å². The molecular weight excluding hydrogens is 240 g/mol. The summed E-state index contributed by atoms with van der Waals surface area (Å²) in [7, 11) is 0. The predicted molar refractivity (Wildman–Crippen MR) is 72.3 cm³/mol. The number of nitrogens with one attached hydrogen (secondary N) is 1. The van der Waals surface area contributed by atoms with Gasteiger partial charge in [0.15, 0.2) is 0 Å². The zero-order chi connectivity index (χ0) is 13.8. The van der Waals surface area contributed by atoms with Crippen LogP contribution in [0.15, 0.2) is 18.2 Å². The Hall–Kier alpha value is -1.68. The van der Waals surface area contributed by atoms with E-state index in [1.165, 1.54) is 4.90 Å². The summed E-state index contributed by atoms with van der Waals surface area (Å²) in [6, 6.07) is 5.64. The average Bonchev–Trinajstić information content (AvgIpc) is 2.51. The van der Waals surface area contributed by atoms with Crippen molar-refractivity contribution >= 4 is 11.8 Å². The van der Waals surface area contributed by atoms with E-state index in [0.29, 0.717) is 24.2 Å². The SMILES string of the molecule is CC(C)(C)c1ccc2c(c1)C(=O)N(C1CNC1)C2=O. The lowest BCUT2D eigenvalue weighted by atomic mass is 9.85. The molecule has 1 aromatic carbocycles. The number of hydrogen-bond acceptors (Lipinski definition) is 3. The normalized spacial score (nSPS) is 19.6. The predicted octanol–water partition coefficient (Wildman–Crippen LogP) is 1.55. The van der Waals surface area contributed by atoms with Crippen LogP contribution in [0.1, 0.15) is 47.1 Å². The van der Waals surface area contributed by atoms with Crippen LogP contribution in [0.5, 0.6) is 0 Å². The number of fused-ring (bicyclic) bond motifs is 1. The molecule has 0 saturated carbocycles. The monoisotopic (exact) mass is 258 g/mol. The molecule has 0 aromatic heterocycles. The van der Waals surface area contributed by atoms with Gasteiger partial charge in [0, 0.05) is 13.1 Å². The Morgan fingerprint density at radius 1 is 1.11 bits per heavy atom. The van der Waals surface area contributed by atoms with E-state index < -0.39 is 0 Å². The van der Waals surface area contributed by atoms with Crippen molar-refractivity contribution < 1.29 is 9.59 Å². The summed E-state index contributed by atoms with van der Waals surface area (Å²) < 4.78 is 0. The number of hydrogen-bond donors (Lipinski definition) is 1. The van der Waals surface area contributed by atoms with Gasteiger partial charge in [-0.1, -0.05) is 26.8 Å². The Balaban J connectivity index is 2.02. The van der Waals surface area contributed by atoms with Crippen LogP contribution in [-0.4, -0.2) is 35.8 Å². The van der Waals surface area contributed by atoms with E-state index in [2.05, 4.69) is 26.1 Å². The molecule has 0 radical (unpaired) electrons. The van der Waals surface area contributed by atoms with Crippen LogP contribution >= 0.6 is 0 Å². The summed E-state index contributed by atoms with van der Waals surface area (Å²) in [5.74, 6) is -0.287. The van der Waals surface area contributed by atoms with Gasteiger partial charge in [-0.05, 0) is 23.1 Å². The topological polar surface area (TPSA) is 49.4 Å². The molecule has 2 aliphatic heterocycles. The second-order valence-corrected chi connectivity index (χ2v) is 6.30. The maximum atomic E-state index is 12.4. The van der Waals surface area contributed by atoms with Crippen molar-refractivity contribution in [3.63, 3.8) is 0 Å². The Labute approximate surface area is 112 Å². The van der Waals surface area contributed by atoms with Crippen molar-refractivity contribution in [1.82, 2.24) is 10.2 Å². The van der Waals surface area contributed by atoms with E-state index in [1.807, 2.05) is 12.1 Å². The number of amides is 2. The lowest BCUT2D eigenvalue weighted by molar-refractivity contribution is 0.0534. The highest BCUT2D eigenvalue weighted by Crippen LogP contribution is 2.30. The molecule has 3 rings (SSSR count). The number of rotatable bonds is 1. The second kappa shape index (κ2) is 3.90. The Morgan fingerprint density at radius 3 is 2.26 bits per heavy atom. The van der Waals surface area contributed by atoms with E-state index in [0.717, 1.165) is 5.56 Å². The van der Waals surface area contributed by atoms with Gasteiger partial charge >= 0.3 is 0 Å². The summed E-state index contributed by atoms with van der Waals surface area (Å²) in [6.07, 6.45) is 0. The Kier molecular flexibility index (Phi) is 2.54. The molecule has 1 N–H and O–H groups in total. The fraction of sp³-hybridized carbons (Fsp3) is 0.467. The number of benzene rings is 1. The molecule has 2 heterocycles. The minimum Gasteiger partial charge on any atom is -0.313 e. The van der Waals surface area contributed by atoms with Gasteiger partial charge in [0.25, 0.3) is 11.8 Å². The van der Waals surface area contributed by atoms with Crippen LogP contribution in [0.25, 0.3) is 0 Å². The molecule has 2 amide bonds. The molecular formula is C15H18N2O2. The molecule has 2 aliphatic rings. The minimum absolute atomic E-state index is 0.0190. The van der Waals surface area contributed by atoms with Crippen molar-refractivity contribution in [1.29, 1.82) is 0 Å². The Bertz CT molecular complexity index is 568. The molecule has 4 heteroatoms. The van der Waals surface area contributed by atoms with Crippen molar-refractivity contribution in [3.05, 3.63) is 34.9 Å². The molecule has 0 bridgehead atoms. The summed E-state index contributed by atoms with van der Waals surface area (Å²) in [5, 5.41) is 3.10. The third-order valence-electron chi connectivity index (χ3n) is 3.91. The summed E-state index contributed by atoms with van der Waals surface area (Å²) in [6.45, 7) is 7.71. The first-order chi connectivity index (χ1) is 8.89. The molecule has 1 saturated heterocycles. The fourth-order valence-corrected chi connectivity index (χ4v) is 2.51. The molecule has 0 unspecified atom stereocenters. The Morgan fingerprint density at radius 2 is 1.74 bits per heavy atom. The van der Waals surface area contributed by atoms with Gasteiger partial charge < -0.3 is 5.32 Å². The van der Waals surface area contributed by atoms with Gasteiger partial charge in [0.1, 0.15) is 0 Å². The first kappa shape index (κ1) is 12.4. The molecule has 0 atom stereocenters. The molecule has 0 spiro atoms. The van der Waals surface area contributed by atoms with Crippen molar-refractivity contribution in [2.75, 3.05) is 13.1 Å². The van der Waals surface area contributed by atoms with Crippen LogP contribution < -0.4 is 5.32 Å². The highest BCUT2D eigenvalue weighted by Gasteiger charge is 2.42. The first-order valence-electron chi connectivity index (χ1n) is 6.63. The molecule has 1 aromatic rings. The van der Waals surface area contributed by atoms with Crippen molar-refractivity contribution in [3.8, 4) is 0 Å². The second-order valence-electron chi connectivity index (χ2n) is 6.30. The van der Waals surface area contributed by atoms with Gasteiger partial charge in [-0.3, -0.25) is 14.5 Å². The zero-order valence-corrected chi connectivity index (χ0v) is 11.5. The quantitative estimate of drug-likeness (QED) is 0.778. The zero-order valence-electron chi connectivity index (χ0n) is 11.5. The minimum atomic E-state index is -0.146. The summed E-state index contributed by atoms with van der Waals surface area (Å²) in [4.78, 5) is 26.1. The lowest BCUT2D eigenvalue weighted by Gasteiger charge is -2.33. The molecule has 1 fully saturated rings. The maximum Gasteiger partial charge on any atom is 0.261 e. The highest BCUT2D eigenvalue weighted by molar-refractivity contribution is 6.21. The van der Waals surface area contributed by atoms with E-state index in [1.54, 1.807) is 6.07 Å². The van der Waals surface area contributed by atoms with Crippen LogP contribution in [-0.2, 0) is 5.41 Å². The van der Waals surface area contributed by atoms with Crippen molar-refractivity contribution in [2.24, 2.45) is 0 Å². The summed E-state index contributed by atoms with van der Waals surface area (Å²) >= 11 is 0. The molecule has 19 heavy (non-hydrogen) atoms. The largest absolute Gasteiger partial charge is 0.313 e. The lowest BCUT2D eigenvalue weighted by Crippen LogP contribution is -2.58.